The molecule has 0 atom stereocenters. The third-order valence-corrected chi connectivity index (χ3v) is 4.92. The van der Waals surface area contributed by atoms with E-state index in [-0.39, 0.29) is 11.1 Å². The van der Waals surface area contributed by atoms with Crippen molar-refractivity contribution in [2.24, 2.45) is 0 Å². The first-order valence-corrected chi connectivity index (χ1v) is 12.5. The maximum absolute atomic E-state index is 11.2. The number of amides is 1. The molecule has 1 aromatic rings. The molecule has 200 valence electrons. The maximum atomic E-state index is 11.2. The van der Waals surface area contributed by atoms with Crippen molar-refractivity contribution in [3.05, 3.63) is 78.9 Å². The van der Waals surface area contributed by atoms with Gasteiger partial charge in [-0.15, -0.1) is 0 Å². The van der Waals surface area contributed by atoms with Crippen LogP contribution in [0.2, 0.25) is 0 Å². The number of aliphatic carboxylic acids is 1. The molecule has 1 aromatic carbocycles. The van der Waals surface area contributed by atoms with Crippen LogP contribution in [0.1, 0.15) is 46.1 Å². The monoisotopic (exact) mass is 523 g/mol. The average Bonchev–Trinajstić information content (AvgIpc) is 2.76. The zero-order chi connectivity index (χ0) is 28.4. The van der Waals surface area contributed by atoms with E-state index in [0.29, 0.717) is 6.61 Å². The second kappa shape index (κ2) is 17.9. The summed E-state index contributed by atoms with van der Waals surface area (Å²) in [4.78, 5) is 32.3. The van der Waals surface area contributed by atoms with Gasteiger partial charge < -0.3 is 15.2 Å². The lowest BCUT2D eigenvalue weighted by molar-refractivity contribution is -0.138. The van der Waals surface area contributed by atoms with Gasteiger partial charge in [-0.1, -0.05) is 69.5 Å². The minimum absolute atomic E-state index is 0.0449. The van der Waals surface area contributed by atoms with E-state index in [4.69, 9.17) is 14.4 Å². The predicted molar refractivity (Wildman–Crippen MR) is 142 cm³/mol. The van der Waals surface area contributed by atoms with Crippen LogP contribution in [0.15, 0.2) is 73.4 Å². The van der Waals surface area contributed by atoms with Crippen LogP contribution in [0.25, 0.3) is 6.08 Å². The molecule has 0 aliphatic heterocycles. The van der Waals surface area contributed by atoms with Gasteiger partial charge in [0.05, 0.1) is 23.5 Å². The second-order valence-corrected chi connectivity index (χ2v) is 9.60. The smallest absolute Gasteiger partial charge is 0.337 e. The van der Waals surface area contributed by atoms with E-state index in [2.05, 4.69) is 25.1 Å². The Morgan fingerprint density at radius 3 is 2.06 bits per heavy atom. The minimum atomic E-state index is -4.10. The topological polar surface area (TPSA) is 147 Å². The summed E-state index contributed by atoms with van der Waals surface area (Å²) in [6.07, 6.45) is 5.53. The molecule has 0 aliphatic rings. The van der Waals surface area contributed by atoms with Crippen LogP contribution >= 0.6 is 0 Å². The van der Waals surface area contributed by atoms with E-state index < -0.39 is 39.3 Å². The number of unbranched alkanes of at least 4 members (excludes halogenated alkanes) is 1. The molecule has 0 saturated heterocycles. The van der Waals surface area contributed by atoms with Gasteiger partial charge in [0.2, 0.25) is 5.91 Å². The zero-order valence-electron chi connectivity index (χ0n) is 21.3. The van der Waals surface area contributed by atoms with Gasteiger partial charge in [-0.2, -0.15) is 8.42 Å². The third-order valence-electron chi connectivity index (χ3n) is 3.84. The number of rotatable bonds is 11. The van der Waals surface area contributed by atoms with Crippen LogP contribution in [0.5, 0.6) is 0 Å². The first-order valence-electron chi connectivity index (χ1n) is 10.9. The Bertz CT molecular complexity index is 1030. The number of carboxylic acids is 1. The van der Waals surface area contributed by atoms with Gasteiger partial charge in [0.1, 0.15) is 0 Å². The molecule has 10 heteroatoms. The van der Waals surface area contributed by atoms with Crippen LogP contribution in [0.3, 0.4) is 0 Å². The van der Waals surface area contributed by atoms with Crippen molar-refractivity contribution >= 4 is 34.0 Å². The summed E-state index contributed by atoms with van der Waals surface area (Å²) in [5.41, 5.74) is 0.494. The van der Waals surface area contributed by atoms with Gasteiger partial charge in [-0.05, 0) is 38.8 Å². The molecule has 9 nitrogen and oxygen atoms in total. The molecular formula is C26H37NO8S. The highest BCUT2D eigenvalue weighted by Crippen LogP contribution is 2.06. The van der Waals surface area contributed by atoms with Crippen molar-refractivity contribution in [3.8, 4) is 0 Å². The molecule has 0 aromatic heterocycles. The normalized spacial score (nSPS) is 10.6. The van der Waals surface area contributed by atoms with Crippen molar-refractivity contribution in [3.63, 3.8) is 0 Å². The highest BCUT2D eigenvalue weighted by molar-refractivity contribution is 7.85. The number of benzene rings is 1. The van der Waals surface area contributed by atoms with E-state index in [1.54, 1.807) is 0 Å². The third kappa shape index (κ3) is 21.1. The van der Waals surface area contributed by atoms with Crippen molar-refractivity contribution in [2.75, 3.05) is 12.4 Å². The molecule has 0 spiro atoms. The Morgan fingerprint density at radius 1 is 1.11 bits per heavy atom. The van der Waals surface area contributed by atoms with Gasteiger partial charge in [-0.25, -0.2) is 9.59 Å². The van der Waals surface area contributed by atoms with Crippen molar-refractivity contribution in [2.45, 2.75) is 46.1 Å². The van der Waals surface area contributed by atoms with Crippen molar-refractivity contribution in [1.82, 2.24) is 5.32 Å². The number of carboxylic acid groups (broad SMARTS) is 1. The second-order valence-electron chi connectivity index (χ2n) is 8.15. The number of esters is 1. The van der Waals surface area contributed by atoms with Crippen LogP contribution in [-0.4, -0.2) is 53.8 Å². The standard InChI is InChI=1S/C10H14O4.C8H15NO4S.C8H8/c1-3-4-7-14-10(13)8(2)5-6-9(11)12;1-6(2)7(10)9-8(3,4)5-14(11,12)13;1-2-8-6-4-3-5-7-8/h5-6H,2-4,7H2,1H3,(H,11,12);1,5H2,2-4H3,(H,9,10)(H,11,12,13);2-7H,1H2. The summed E-state index contributed by atoms with van der Waals surface area (Å²) in [5, 5.41) is 10.7. The van der Waals surface area contributed by atoms with Crippen molar-refractivity contribution in [1.29, 1.82) is 0 Å². The lowest BCUT2D eigenvalue weighted by atomic mass is 10.1. The first kappa shape index (κ1) is 34.7. The van der Waals surface area contributed by atoms with E-state index in [0.717, 1.165) is 25.0 Å². The minimum Gasteiger partial charge on any atom is -0.478 e. The maximum Gasteiger partial charge on any atom is 0.337 e. The van der Waals surface area contributed by atoms with Crippen molar-refractivity contribution < 1.29 is 37.2 Å². The van der Waals surface area contributed by atoms with Crippen LogP contribution in [0, 0.1) is 0 Å². The van der Waals surface area contributed by atoms with Crippen LogP contribution < -0.4 is 5.32 Å². The zero-order valence-corrected chi connectivity index (χ0v) is 22.1. The van der Waals surface area contributed by atoms with Gasteiger partial charge in [-0.3, -0.25) is 9.35 Å². The molecule has 0 heterocycles. The molecular weight excluding hydrogens is 486 g/mol. The van der Waals surface area contributed by atoms with Gasteiger partial charge in [0, 0.05) is 11.6 Å². The highest BCUT2D eigenvalue weighted by atomic mass is 32.2. The number of nitrogens with one attached hydrogen (secondary N) is 1. The molecule has 0 saturated carbocycles. The lowest BCUT2D eigenvalue weighted by Gasteiger charge is -2.24. The van der Waals surface area contributed by atoms with Gasteiger partial charge in [0.25, 0.3) is 10.1 Å². The van der Waals surface area contributed by atoms with Gasteiger partial charge in [0.15, 0.2) is 0 Å². The van der Waals surface area contributed by atoms with E-state index >= 15 is 0 Å². The predicted octanol–water partition coefficient (Wildman–Crippen LogP) is 4.20. The summed E-state index contributed by atoms with van der Waals surface area (Å²) >= 11 is 0. The lowest BCUT2D eigenvalue weighted by Crippen LogP contribution is -2.48. The number of ether oxygens (including phenoxy) is 1. The molecule has 36 heavy (non-hydrogen) atoms. The van der Waals surface area contributed by atoms with E-state index in [9.17, 15) is 22.8 Å². The fourth-order valence-corrected chi connectivity index (χ4v) is 3.12. The number of hydrogen-bond donors (Lipinski definition) is 3. The Balaban J connectivity index is 0. The number of carbonyl (C=O) groups is 3. The van der Waals surface area contributed by atoms with E-state index in [1.165, 1.54) is 26.3 Å². The Morgan fingerprint density at radius 2 is 1.67 bits per heavy atom. The number of hydrogen-bond acceptors (Lipinski definition) is 6. The average molecular weight is 524 g/mol. The Hall–Kier alpha value is -3.50. The van der Waals surface area contributed by atoms with Crippen LogP contribution in [0.4, 0.5) is 0 Å². The van der Waals surface area contributed by atoms with Crippen LogP contribution in [-0.2, 0) is 29.2 Å². The fraction of sp³-hybridized carbons (Fsp3) is 0.346. The molecule has 0 aliphatic carbocycles. The molecule has 0 fully saturated rings. The quantitative estimate of drug-likeness (QED) is 0.129. The van der Waals surface area contributed by atoms with Gasteiger partial charge >= 0.3 is 11.9 Å². The summed E-state index contributed by atoms with van der Waals surface area (Å²) in [5.74, 6) is -2.65. The molecule has 0 unspecified atom stereocenters. The molecule has 0 radical (unpaired) electrons. The number of carbonyl (C=O) groups excluding carboxylic acids is 2. The highest BCUT2D eigenvalue weighted by Gasteiger charge is 2.26. The van der Waals surface area contributed by atoms with E-state index in [1.807, 2.05) is 43.3 Å². The largest absolute Gasteiger partial charge is 0.478 e. The molecule has 0 bridgehead atoms. The molecule has 1 rings (SSSR count). The summed E-state index contributed by atoms with van der Waals surface area (Å²) in [7, 11) is -4.10. The molecule has 1 amide bonds. The SMILES string of the molecule is C=C(C)C(=O)NC(C)(C)CS(=O)(=O)O.C=C(C=CC(=O)O)C(=O)OCCCC.C=Cc1ccccc1. The fourth-order valence-electron chi connectivity index (χ4n) is 2.14. The molecule has 3 N–H and O–H groups in total. The first-order chi connectivity index (χ1) is 16.5. The summed E-state index contributed by atoms with van der Waals surface area (Å²) in [6.45, 7) is 17.3. The summed E-state index contributed by atoms with van der Waals surface area (Å²) < 4.78 is 34.6. The Kier molecular flexibility index (Phi) is 17.2. The Labute approximate surface area is 214 Å². The summed E-state index contributed by atoms with van der Waals surface area (Å²) in [6, 6.07) is 10.0.